The number of anilines is 1. The lowest BCUT2D eigenvalue weighted by Crippen LogP contribution is -2.39. The van der Waals surface area contributed by atoms with E-state index in [1.165, 1.54) is 25.8 Å². The second-order valence-corrected chi connectivity index (χ2v) is 8.78. The van der Waals surface area contributed by atoms with Gasteiger partial charge in [-0.2, -0.15) is 0 Å². The third-order valence-corrected chi connectivity index (χ3v) is 6.85. The van der Waals surface area contributed by atoms with Gasteiger partial charge in [0.2, 0.25) is 0 Å². The number of nitrogens with one attached hydrogen (secondary N) is 1. The van der Waals surface area contributed by atoms with Gasteiger partial charge in [-0.3, -0.25) is 4.79 Å². The molecule has 3 heterocycles. The number of carbonyl (C=O) groups is 1. The third kappa shape index (κ3) is 4.64. The molecule has 2 aliphatic rings. The van der Waals surface area contributed by atoms with Crippen molar-refractivity contribution in [3.63, 3.8) is 0 Å². The molecule has 0 saturated carbocycles. The molecule has 1 amide bonds. The van der Waals surface area contributed by atoms with Crippen LogP contribution in [0.2, 0.25) is 0 Å². The van der Waals surface area contributed by atoms with Crippen molar-refractivity contribution in [3.05, 3.63) is 23.8 Å². The topological polar surface area (TPSA) is 57.7 Å². The largest absolute Gasteiger partial charge is 0.378 e. The lowest BCUT2D eigenvalue weighted by molar-refractivity contribution is 0.0949. The molecule has 0 radical (unpaired) electrons. The number of thiazole rings is 1. The van der Waals surface area contributed by atoms with Gasteiger partial charge in [-0.25, -0.2) is 4.98 Å². The van der Waals surface area contributed by atoms with E-state index in [0.717, 1.165) is 66.7 Å². The zero-order valence-electron chi connectivity index (χ0n) is 16.7. The summed E-state index contributed by atoms with van der Waals surface area (Å²) in [7, 11) is 0. The smallest absolute Gasteiger partial charge is 0.251 e. The summed E-state index contributed by atoms with van der Waals surface area (Å²) < 4.78 is 6.48. The maximum absolute atomic E-state index is 12.5. The molecule has 152 valence electrons. The summed E-state index contributed by atoms with van der Waals surface area (Å²) in [5.41, 5.74) is 1.68. The van der Waals surface area contributed by atoms with E-state index in [0.29, 0.717) is 6.04 Å². The first-order valence-corrected chi connectivity index (χ1v) is 11.3. The number of nitrogens with zero attached hydrogens (tertiary/aromatic N) is 3. The molecule has 6 nitrogen and oxygen atoms in total. The summed E-state index contributed by atoms with van der Waals surface area (Å²) in [5, 5.41) is 4.10. The molecule has 0 aliphatic carbocycles. The number of benzene rings is 1. The summed E-state index contributed by atoms with van der Waals surface area (Å²) in [6.07, 6.45) is 4.95. The summed E-state index contributed by atoms with van der Waals surface area (Å²) in [4.78, 5) is 22.1. The van der Waals surface area contributed by atoms with Crippen LogP contribution in [0, 0.1) is 0 Å². The number of ether oxygens (including phenoxy) is 1. The quantitative estimate of drug-likeness (QED) is 0.753. The molecule has 1 N–H and O–H groups in total. The standard InChI is InChI=1S/C21H30N4O2S/c1-16-5-2-3-9-24(16)10-4-8-22-20(26)17-6-7-18-19(15-17)28-21(23-18)25-11-13-27-14-12-25/h6-7,15-16H,2-5,8-14H2,1H3,(H,22,26). The molecular formula is C21H30N4O2S. The molecule has 1 aromatic carbocycles. The second kappa shape index (κ2) is 9.20. The number of hydrogen-bond acceptors (Lipinski definition) is 6. The van der Waals surface area contributed by atoms with Crippen LogP contribution in [-0.4, -0.2) is 67.8 Å². The van der Waals surface area contributed by atoms with Crippen LogP contribution in [0.5, 0.6) is 0 Å². The number of aromatic nitrogens is 1. The van der Waals surface area contributed by atoms with Crippen LogP contribution < -0.4 is 10.2 Å². The number of amides is 1. The summed E-state index contributed by atoms with van der Waals surface area (Å²) >= 11 is 1.66. The first-order chi connectivity index (χ1) is 13.7. The van der Waals surface area contributed by atoms with Crippen molar-refractivity contribution in [1.29, 1.82) is 0 Å². The maximum Gasteiger partial charge on any atom is 0.251 e. The van der Waals surface area contributed by atoms with E-state index in [1.54, 1.807) is 11.3 Å². The van der Waals surface area contributed by atoms with Crippen LogP contribution in [0.4, 0.5) is 5.13 Å². The monoisotopic (exact) mass is 402 g/mol. The second-order valence-electron chi connectivity index (χ2n) is 7.77. The van der Waals surface area contributed by atoms with E-state index < -0.39 is 0 Å². The van der Waals surface area contributed by atoms with Crippen LogP contribution in [0.15, 0.2) is 18.2 Å². The average Bonchev–Trinajstić information content (AvgIpc) is 3.16. The molecular weight excluding hydrogens is 372 g/mol. The number of likely N-dealkylation sites (tertiary alicyclic amines) is 1. The van der Waals surface area contributed by atoms with E-state index in [1.807, 2.05) is 18.2 Å². The van der Waals surface area contributed by atoms with Crippen LogP contribution in [0.25, 0.3) is 10.2 Å². The van der Waals surface area contributed by atoms with Gasteiger partial charge in [-0.05, 0) is 50.9 Å². The molecule has 7 heteroatoms. The van der Waals surface area contributed by atoms with Crippen molar-refractivity contribution in [2.75, 3.05) is 50.8 Å². The molecule has 2 fully saturated rings. The van der Waals surface area contributed by atoms with E-state index in [9.17, 15) is 4.79 Å². The van der Waals surface area contributed by atoms with Crippen LogP contribution >= 0.6 is 11.3 Å². The Labute approximate surface area is 170 Å². The van der Waals surface area contributed by atoms with E-state index in [2.05, 4.69) is 22.0 Å². The number of fused-ring (bicyclic) bond motifs is 1. The minimum absolute atomic E-state index is 0.00918. The van der Waals surface area contributed by atoms with Gasteiger partial charge in [0.15, 0.2) is 5.13 Å². The van der Waals surface area contributed by atoms with Crippen molar-refractivity contribution in [2.24, 2.45) is 0 Å². The number of piperidine rings is 1. The van der Waals surface area contributed by atoms with Crippen molar-refractivity contribution >= 4 is 32.6 Å². The van der Waals surface area contributed by atoms with E-state index in [-0.39, 0.29) is 5.91 Å². The molecule has 2 aliphatic heterocycles. The Kier molecular flexibility index (Phi) is 6.44. The van der Waals surface area contributed by atoms with E-state index in [4.69, 9.17) is 9.72 Å². The molecule has 0 spiro atoms. The fourth-order valence-corrected chi connectivity index (χ4v) is 5.08. The SMILES string of the molecule is CC1CCCCN1CCCNC(=O)c1ccc2nc(N3CCOCC3)sc2c1. The molecule has 0 bridgehead atoms. The van der Waals surface area contributed by atoms with Crippen LogP contribution in [-0.2, 0) is 4.74 Å². The summed E-state index contributed by atoms with van der Waals surface area (Å²) in [6.45, 7) is 8.56. The number of carbonyl (C=O) groups excluding carboxylic acids is 1. The fourth-order valence-electron chi connectivity index (χ4n) is 4.02. The zero-order chi connectivity index (χ0) is 19.3. The van der Waals surface area contributed by atoms with Gasteiger partial charge in [0.1, 0.15) is 0 Å². The first kappa shape index (κ1) is 19.6. The highest BCUT2D eigenvalue weighted by molar-refractivity contribution is 7.22. The Morgan fingerprint density at radius 2 is 2.14 bits per heavy atom. The normalized spacial score (nSPS) is 21.2. The van der Waals surface area contributed by atoms with Gasteiger partial charge in [0, 0.05) is 37.8 Å². The Balaban J connectivity index is 1.31. The highest BCUT2D eigenvalue weighted by Gasteiger charge is 2.18. The van der Waals surface area contributed by atoms with Crippen molar-refractivity contribution in [1.82, 2.24) is 15.2 Å². The predicted molar refractivity (Wildman–Crippen MR) is 114 cm³/mol. The van der Waals surface area contributed by atoms with Gasteiger partial charge < -0.3 is 19.9 Å². The van der Waals surface area contributed by atoms with Crippen molar-refractivity contribution < 1.29 is 9.53 Å². The van der Waals surface area contributed by atoms with Crippen LogP contribution in [0.1, 0.15) is 43.0 Å². The lowest BCUT2D eigenvalue weighted by atomic mass is 10.0. The molecule has 2 saturated heterocycles. The molecule has 1 aromatic heterocycles. The Bertz CT molecular complexity index is 803. The zero-order valence-corrected chi connectivity index (χ0v) is 17.5. The van der Waals surface area contributed by atoms with Gasteiger partial charge in [0.25, 0.3) is 5.91 Å². The number of hydrogen-bond donors (Lipinski definition) is 1. The van der Waals surface area contributed by atoms with Gasteiger partial charge in [-0.15, -0.1) is 0 Å². The molecule has 1 unspecified atom stereocenters. The molecule has 28 heavy (non-hydrogen) atoms. The third-order valence-electron chi connectivity index (χ3n) is 5.77. The van der Waals surface area contributed by atoms with Gasteiger partial charge in [-0.1, -0.05) is 17.8 Å². The van der Waals surface area contributed by atoms with Crippen LogP contribution in [0.3, 0.4) is 0 Å². The molecule has 2 aromatic rings. The van der Waals surface area contributed by atoms with Crippen molar-refractivity contribution in [2.45, 2.75) is 38.6 Å². The minimum Gasteiger partial charge on any atom is -0.378 e. The summed E-state index contributed by atoms with van der Waals surface area (Å²) in [6, 6.07) is 6.49. The molecule has 1 atom stereocenters. The van der Waals surface area contributed by atoms with Gasteiger partial charge >= 0.3 is 0 Å². The first-order valence-electron chi connectivity index (χ1n) is 10.5. The number of morpholine rings is 1. The molecule has 4 rings (SSSR count). The van der Waals surface area contributed by atoms with Gasteiger partial charge in [0.05, 0.1) is 23.4 Å². The average molecular weight is 403 g/mol. The lowest BCUT2D eigenvalue weighted by Gasteiger charge is -2.33. The van der Waals surface area contributed by atoms with E-state index >= 15 is 0 Å². The Hall–Kier alpha value is -1.70. The fraction of sp³-hybridized carbons (Fsp3) is 0.619. The number of rotatable bonds is 6. The predicted octanol–water partition coefficient (Wildman–Crippen LogP) is 3.13. The summed E-state index contributed by atoms with van der Waals surface area (Å²) in [5.74, 6) is 0.00918. The Morgan fingerprint density at radius 3 is 2.96 bits per heavy atom. The highest BCUT2D eigenvalue weighted by atomic mass is 32.1. The minimum atomic E-state index is 0.00918. The Morgan fingerprint density at radius 1 is 1.29 bits per heavy atom. The maximum atomic E-state index is 12.5. The van der Waals surface area contributed by atoms with Crippen molar-refractivity contribution in [3.8, 4) is 0 Å². The highest BCUT2D eigenvalue weighted by Crippen LogP contribution is 2.30.